The van der Waals surface area contributed by atoms with Crippen LogP contribution >= 0.6 is 0 Å². The summed E-state index contributed by atoms with van der Waals surface area (Å²) in [7, 11) is 0. The molecule has 1 atom stereocenters. The average molecular weight is 453 g/mol. The minimum atomic E-state index is -0.455. The standard InChI is InChI=1S/C26H24N6O2/c1-16-12-19-14-21(26(33)27-22(19)13-17(16)2)24(31-10-9-18-6-3-4-8-23(18)31)25-28-29-30-32(25)15-20-7-5-11-34-20/h3-8,11-14,24H,9-10,15H2,1-2H3,(H,27,33)/t24-/m0/s1. The number of aromatic nitrogens is 5. The molecule has 4 heterocycles. The van der Waals surface area contributed by atoms with Crippen molar-refractivity contribution in [3.05, 3.63) is 105 Å². The second-order valence-electron chi connectivity index (χ2n) is 8.83. The third kappa shape index (κ3) is 3.39. The van der Waals surface area contributed by atoms with Gasteiger partial charge in [-0.25, -0.2) is 4.68 Å². The van der Waals surface area contributed by atoms with Crippen molar-refractivity contribution in [2.45, 2.75) is 32.9 Å². The summed E-state index contributed by atoms with van der Waals surface area (Å²) >= 11 is 0. The zero-order valence-electron chi connectivity index (χ0n) is 19.0. The number of nitrogens with one attached hydrogen (secondary N) is 1. The van der Waals surface area contributed by atoms with Gasteiger partial charge in [0.1, 0.15) is 18.3 Å². The zero-order chi connectivity index (χ0) is 23.2. The molecule has 0 unspecified atom stereocenters. The van der Waals surface area contributed by atoms with Crippen LogP contribution in [0.1, 0.15) is 39.9 Å². The van der Waals surface area contributed by atoms with Crippen LogP contribution < -0.4 is 10.5 Å². The Morgan fingerprint density at radius 1 is 1.09 bits per heavy atom. The van der Waals surface area contributed by atoms with Gasteiger partial charge in [0.15, 0.2) is 5.82 Å². The molecule has 0 saturated carbocycles. The van der Waals surface area contributed by atoms with E-state index in [-0.39, 0.29) is 5.56 Å². The number of aryl methyl sites for hydroxylation is 2. The highest BCUT2D eigenvalue weighted by atomic mass is 16.3. The summed E-state index contributed by atoms with van der Waals surface area (Å²) in [6, 6.07) is 17.7. The number of hydrogen-bond donors (Lipinski definition) is 1. The SMILES string of the molecule is Cc1cc2cc([C@@H](c3nnnn3Cc3ccco3)N3CCc4ccccc43)c(=O)[nH]c2cc1C. The summed E-state index contributed by atoms with van der Waals surface area (Å²) in [5, 5.41) is 13.6. The minimum Gasteiger partial charge on any atom is -0.467 e. The second kappa shape index (κ2) is 7.98. The van der Waals surface area contributed by atoms with Gasteiger partial charge in [-0.1, -0.05) is 18.2 Å². The number of benzene rings is 2. The van der Waals surface area contributed by atoms with Gasteiger partial charge in [0.25, 0.3) is 5.56 Å². The van der Waals surface area contributed by atoms with Crippen LogP contribution in [0, 0.1) is 13.8 Å². The van der Waals surface area contributed by atoms with E-state index in [1.807, 2.05) is 43.3 Å². The highest BCUT2D eigenvalue weighted by molar-refractivity contribution is 5.81. The highest BCUT2D eigenvalue weighted by Gasteiger charge is 2.34. The molecular formula is C26H24N6O2. The first kappa shape index (κ1) is 20.4. The molecule has 1 aliphatic rings. The molecule has 0 aliphatic carbocycles. The fourth-order valence-corrected chi connectivity index (χ4v) is 4.85. The van der Waals surface area contributed by atoms with Gasteiger partial charge in [-0.15, -0.1) is 5.10 Å². The maximum absolute atomic E-state index is 13.5. The topological polar surface area (TPSA) is 92.8 Å². The lowest BCUT2D eigenvalue weighted by molar-refractivity contribution is 0.463. The third-order valence-electron chi connectivity index (χ3n) is 6.71. The Kier molecular flexibility index (Phi) is 4.79. The number of furan rings is 1. The fraction of sp³-hybridized carbons (Fsp3) is 0.231. The lowest BCUT2D eigenvalue weighted by Crippen LogP contribution is -2.34. The fourth-order valence-electron chi connectivity index (χ4n) is 4.85. The Bertz CT molecular complexity index is 1550. The Balaban J connectivity index is 1.55. The van der Waals surface area contributed by atoms with Crippen LogP contribution in [0.15, 0.2) is 70.1 Å². The number of H-pyrrole nitrogens is 1. The van der Waals surface area contributed by atoms with Crippen LogP contribution in [0.3, 0.4) is 0 Å². The van der Waals surface area contributed by atoms with Gasteiger partial charge >= 0.3 is 0 Å². The van der Waals surface area contributed by atoms with E-state index in [4.69, 9.17) is 4.42 Å². The molecule has 170 valence electrons. The summed E-state index contributed by atoms with van der Waals surface area (Å²) in [5.74, 6) is 1.34. The number of fused-ring (bicyclic) bond motifs is 2. The molecule has 0 fully saturated rings. The van der Waals surface area contributed by atoms with Crippen molar-refractivity contribution in [1.29, 1.82) is 0 Å². The Morgan fingerprint density at radius 3 is 2.79 bits per heavy atom. The van der Waals surface area contributed by atoms with Gasteiger partial charge < -0.3 is 14.3 Å². The Hall–Kier alpha value is -4.20. The molecule has 8 heteroatoms. The minimum absolute atomic E-state index is 0.141. The van der Waals surface area contributed by atoms with Gasteiger partial charge in [-0.3, -0.25) is 4.79 Å². The van der Waals surface area contributed by atoms with Gasteiger partial charge in [0.05, 0.1) is 6.26 Å². The molecule has 0 spiro atoms. The number of anilines is 1. The Labute approximate surface area is 195 Å². The smallest absolute Gasteiger partial charge is 0.254 e. The summed E-state index contributed by atoms with van der Waals surface area (Å²) in [6.45, 7) is 5.28. The molecule has 1 N–H and O–H groups in total. The highest BCUT2D eigenvalue weighted by Crippen LogP contribution is 2.37. The number of pyridine rings is 1. The first-order valence-electron chi connectivity index (χ1n) is 11.4. The summed E-state index contributed by atoms with van der Waals surface area (Å²) in [4.78, 5) is 18.8. The molecule has 1 aliphatic heterocycles. The van der Waals surface area contributed by atoms with Crippen LogP contribution in [-0.2, 0) is 13.0 Å². The van der Waals surface area contributed by atoms with Crippen LogP contribution in [0.4, 0.5) is 5.69 Å². The lowest BCUT2D eigenvalue weighted by Gasteiger charge is -2.29. The monoisotopic (exact) mass is 452 g/mol. The van der Waals surface area contributed by atoms with Crippen molar-refractivity contribution in [3.8, 4) is 0 Å². The molecule has 2 aromatic carbocycles. The van der Waals surface area contributed by atoms with Gasteiger partial charge in [0, 0.05) is 23.3 Å². The van der Waals surface area contributed by atoms with E-state index in [9.17, 15) is 4.79 Å². The van der Waals surface area contributed by atoms with Crippen LogP contribution in [-0.4, -0.2) is 31.7 Å². The number of aromatic amines is 1. The van der Waals surface area contributed by atoms with E-state index < -0.39 is 6.04 Å². The van der Waals surface area contributed by atoms with Gasteiger partial charge in [0.2, 0.25) is 0 Å². The molecule has 5 aromatic rings. The average Bonchev–Trinajstić information content (AvgIpc) is 3.59. The number of para-hydroxylation sites is 1. The van der Waals surface area contributed by atoms with E-state index in [1.165, 1.54) is 11.1 Å². The normalized spacial score (nSPS) is 14.0. The van der Waals surface area contributed by atoms with Crippen molar-refractivity contribution < 1.29 is 4.42 Å². The van der Waals surface area contributed by atoms with Crippen molar-refractivity contribution in [1.82, 2.24) is 25.2 Å². The largest absolute Gasteiger partial charge is 0.467 e. The molecule has 0 amide bonds. The van der Waals surface area contributed by atoms with Crippen molar-refractivity contribution in [2.24, 2.45) is 0 Å². The predicted molar refractivity (Wildman–Crippen MR) is 129 cm³/mol. The molecule has 3 aromatic heterocycles. The number of hydrogen-bond acceptors (Lipinski definition) is 6. The molecule has 6 rings (SSSR count). The quantitative estimate of drug-likeness (QED) is 0.434. The molecule has 0 radical (unpaired) electrons. The maximum atomic E-state index is 13.5. The van der Waals surface area contributed by atoms with E-state index >= 15 is 0 Å². The molecule has 34 heavy (non-hydrogen) atoms. The van der Waals surface area contributed by atoms with Crippen LogP contribution in [0.2, 0.25) is 0 Å². The Morgan fingerprint density at radius 2 is 1.94 bits per heavy atom. The predicted octanol–water partition coefficient (Wildman–Crippen LogP) is 3.92. The lowest BCUT2D eigenvalue weighted by atomic mass is 10.0. The van der Waals surface area contributed by atoms with E-state index in [1.54, 1.807) is 10.9 Å². The van der Waals surface area contributed by atoms with Gasteiger partial charge in [-0.05, 0) is 89.2 Å². The second-order valence-corrected chi connectivity index (χ2v) is 8.83. The van der Waals surface area contributed by atoms with Crippen molar-refractivity contribution >= 4 is 16.6 Å². The summed E-state index contributed by atoms with van der Waals surface area (Å²) < 4.78 is 7.25. The summed E-state index contributed by atoms with van der Waals surface area (Å²) in [6.07, 6.45) is 2.53. The zero-order valence-corrected chi connectivity index (χ0v) is 19.0. The number of rotatable bonds is 5. The van der Waals surface area contributed by atoms with Gasteiger partial charge in [-0.2, -0.15) is 0 Å². The van der Waals surface area contributed by atoms with Crippen LogP contribution in [0.25, 0.3) is 10.9 Å². The molecule has 0 bridgehead atoms. The first-order valence-corrected chi connectivity index (χ1v) is 11.4. The molecule has 0 saturated heterocycles. The summed E-state index contributed by atoms with van der Waals surface area (Å²) in [5.41, 5.74) is 5.97. The van der Waals surface area contributed by atoms with E-state index in [0.717, 1.165) is 40.9 Å². The molecule has 8 nitrogen and oxygen atoms in total. The number of tetrazole rings is 1. The van der Waals surface area contributed by atoms with E-state index in [0.29, 0.717) is 17.9 Å². The van der Waals surface area contributed by atoms with Crippen LogP contribution in [0.5, 0.6) is 0 Å². The maximum Gasteiger partial charge on any atom is 0.254 e. The third-order valence-corrected chi connectivity index (χ3v) is 6.71. The first-order chi connectivity index (χ1) is 16.6. The van der Waals surface area contributed by atoms with Crippen molar-refractivity contribution in [3.63, 3.8) is 0 Å². The van der Waals surface area contributed by atoms with Crippen molar-refractivity contribution in [2.75, 3.05) is 11.4 Å². The number of nitrogens with zero attached hydrogens (tertiary/aromatic N) is 5. The van der Waals surface area contributed by atoms with E-state index in [2.05, 4.69) is 50.5 Å². The molecular weight excluding hydrogens is 428 g/mol.